The first-order valence-corrected chi connectivity index (χ1v) is 8.88. The number of hydrogen-bond donors (Lipinski definition) is 1. The van der Waals surface area contributed by atoms with Crippen molar-refractivity contribution in [1.82, 2.24) is 15.3 Å². The number of rotatable bonds is 5. The smallest absolute Gasteiger partial charge is 0.231 e. The molecule has 1 aromatic heterocycles. The van der Waals surface area contributed by atoms with Crippen molar-refractivity contribution >= 4 is 5.95 Å². The summed E-state index contributed by atoms with van der Waals surface area (Å²) in [5, 5.41) is 3.64. The van der Waals surface area contributed by atoms with Crippen LogP contribution in [0.25, 0.3) is 0 Å². The molecule has 0 amide bonds. The van der Waals surface area contributed by atoms with Gasteiger partial charge in [0.2, 0.25) is 18.5 Å². The number of nitrogens with zero attached hydrogens (tertiary/aromatic N) is 3. The fraction of sp³-hybridized carbons (Fsp3) is 0.474. The van der Waals surface area contributed by atoms with Gasteiger partial charge in [0, 0.05) is 38.4 Å². The number of benzene rings is 1. The second-order valence-electron chi connectivity index (χ2n) is 6.82. The first-order chi connectivity index (χ1) is 12.7. The van der Waals surface area contributed by atoms with Crippen LogP contribution in [0.2, 0.25) is 0 Å². The number of ether oxygens (including phenoxy) is 3. The van der Waals surface area contributed by atoms with Gasteiger partial charge in [-0.15, -0.1) is 0 Å². The average molecular weight is 356 g/mol. The molecule has 1 aliphatic heterocycles. The van der Waals surface area contributed by atoms with Gasteiger partial charge >= 0.3 is 0 Å². The summed E-state index contributed by atoms with van der Waals surface area (Å²) in [6.07, 6.45) is 5.18. The van der Waals surface area contributed by atoms with Gasteiger partial charge in [0.05, 0.1) is 12.8 Å². The Labute approximate surface area is 153 Å². The van der Waals surface area contributed by atoms with Crippen molar-refractivity contribution in [3.8, 4) is 17.2 Å². The Morgan fingerprint density at radius 3 is 3.00 bits per heavy atom. The highest BCUT2D eigenvalue weighted by Gasteiger charge is 2.24. The van der Waals surface area contributed by atoms with E-state index in [1.807, 2.05) is 37.3 Å². The Hall–Kier alpha value is -2.54. The molecule has 0 spiro atoms. The molecule has 2 aliphatic rings. The predicted molar refractivity (Wildman–Crippen MR) is 98.0 cm³/mol. The Balaban J connectivity index is 1.51. The van der Waals surface area contributed by atoms with Gasteiger partial charge in [0.1, 0.15) is 0 Å². The summed E-state index contributed by atoms with van der Waals surface area (Å²) in [6.45, 7) is 0.955. The molecule has 0 bridgehead atoms. The Kier molecular flexibility index (Phi) is 4.55. The van der Waals surface area contributed by atoms with Crippen molar-refractivity contribution in [2.24, 2.45) is 0 Å². The number of aromatic nitrogens is 2. The molecule has 2 heterocycles. The zero-order valence-corrected chi connectivity index (χ0v) is 15.4. The molecule has 2 aromatic rings. The van der Waals surface area contributed by atoms with E-state index in [4.69, 9.17) is 19.2 Å². The molecule has 0 saturated heterocycles. The summed E-state index contributed by atoms with van der Waals surface area (Å²) in [7, 11) is 5.58. The van der Waals surface area contributed by atoms with Gasteiger partial charge in [-0.1, -0.05) is 0 Å². The number of fused-ring (bicyclic) bond motifs is 2. The van der Waals surface area contributed by atoms with Crippen molar-refractivity contribution in [1.29, 1.82) is 0 Å². The number of hydrogen-bond acceptors (Lipinski definition) is 7. The molecule has 1 aliphatic carbocycles. The second-order valence-corrected chi connectivity index (χ2v) is 6.82. The topological polar surface area (TPSA) is 68.7 Å². The standard InChI is InChI=1S/C19H24N4O3/c1-23(2)19-21-10-13-14(5-4-6-15(13)22-19)20-9-12-7-16(24-3)18-17(8-12)25-11-26-18/h7-8,10,14,20H,4-6,9,11H2,1-3H3. The molecule has 0 saturated carbocycles. The molecule has 26 heavy (non-hydrogen) atoms. The number of anilines is 1. The molecule has 4 rings (SSSR count). The highest BCUT2D eigenvalue weighted by atomic mass is 16.7. The van der Waals surface area contributed by atoms with Gasteiger partial charge in [-0.2, -0.15) is 0 Å². The van der Waals surface area contributed by atoms with Crippen LogP contribution in [0.5, 0.6) is 17.2 Å². The quantitative estimate of drug-likeness (QED) is 0.882. The molecule has 138 valence electrons. The van der Waals surface area contributed by atoms with Crippen LogP contribution in [0, 0.1) is 0 Å². The van der Waals surface area contributed by atoms with Crippen molar-refractivity contribution in [2.45, 2.75) is 31.8 Å². The van der Waals surface area contributed by atoms with E-state index in [1.165, 1.54) is 5.56 Å². The summed E-state index contributed by atoms with van der Waals surface area (Å²) in [6, 6.07) is 4.26. The van der Waals surface area contributed by atoms with Crippen molar-refractivity contribution < 1.29 is 14.2 Å². The maximum atomic E-state index is 5.51. The minimum absolute atomic E-state index is 0.240. The summed E-state index contributed by atoms with van der Waals surface area (Å²) < 4.78 is 16.4. The lowest BCUT2D eigenvalue weighted by molar-refractivity contribution is 0.171. The number of nitrogens with one attached hydrogen (secondary N) is 1. The van der Waals surface area contributed by atoms with E-state index in [-0.39, 0.29) is 12.8 Å². The lowest BCUT2D eigenvalue weighted by Gasteiger charge is -2.26. The Morgan fingerprint density at radius 2 is 2.19 bits per heavy atom. The van der Waals surface area contributed by atoms with Crippen molar-refractivity contribution in [3.63, 3.8) is 0 Å². The predicted octanol–water partition coefficient (Wildman–Crippen LogP) is 2.45. The van der Waals surface area contributed by atoms with E-state index in [1.54, 1.807) is 7.11 Å². The fourth-order valence-corrected chi connectivity index (χ4v) is 3.49. The monoisotopic (exact) mass is 356 g/mol. The van der Waals surface area contributed by atoms with Crippen molar-refractivity contribution in [2.75, 3.05) is 32.9 Å². The third kappa shape index (κ3) is 3.14. The number of methoxy groups -OCH3 is 1. The van der Waals surface area contributed by atoms with Gasteiger partial charge in [-0.3, -0.25) is 0 Å². The molecule has 7 heteroatoms. The minimum Gasteiger partial charge on any atom is -0.493 e. The van der Waals surface area contributed by atoms with E-state index in [0.717, 1.165) is 42.2 Å². The lowest BCUT2D eigenvalue weighted by atomic mass is 9.92. The normalized spacial score (nSPS) is 17.7. The van der Waals surface area contributed by atoms with Crippen LogP contribution in [-0.2, 0) is 13.0 Å². The summed E-state index contributed by atoms with van der Waals surface area (Å²) in [5.74, 6) is 2.90. The van der Waals surface area contributed by atoms with Gasteiger partial charge in [0.15, 0.2) is 11.5 Å². The van der Waals surface area contributed by atoms with Crippen LogP contribution in [0.15, 0.2) is 18.3 Å². The first kappa shape index (κ1) is 16.9. The molecule has 1 N–H and O–H groups in total. The molecule has 0 radical (unpaired) electrons. The third-order valence-corrected chi connectivity index (χ3v) is 4.84. The number of aryl methyl sites for hydroxylation is 1. The molecule has 1 atom stereocenters. The van der Waals surface area contributed by atoms with Crippen LogP contribution < -0.4 is 24.4 Å². The van der Waals surface area contributed by atoms with Crippen LogP contribution in [0.3, 0.4) is 0 Å². The van der Waals surface area contributed by atoms with Gasteiger partial charge < -0.3 is 24.4 Å². The summed E-state index contributed by atoms with van der Waals surface area (Å²) in [5.41, 5.74) is 3.45. The minimum atomic E-state index is 0.240. The van der Waals surface area contributed by atoms with Crippen LogP contribution >= 0.6 is 0 Å². The largest absolute Gasteiger partial charge is 0.493 e. The zero-order chi connectivity index (χ0) is 18.1. The fourth-order valence-electron chi connectivity index (χ4n) is 3.49. The lowest BCUT2D eigenvalue weighted by Crippen LogP contribution is -2.26. The van der Waals surface area contributed by atoms with E-state index in [9.17, 15) is 0 Å². The molecule has 0 fully saturated rings. The molecular formula is C19H24N4O3. The zero-order valence-electron chi connectivity index (χ0n) is 15.4. The van der Waals surface area contributed by atoms with Crippen LogP contribution in [0.1, 0.15) is 35.7 Å². The summed E-state index contributed by atoms with van der Waals surface area (Å²) >= 11 is 0. The SMILES string of the molecule is COc1cc(CNC2CCCc3nc(N(C)C)ncc32)cc2c1OCO2. The van der Waals surface area contributed by atoms with Gasteiger partial charge in [-0.25, -0.2) is 9.97 Å². The maximum Gasteiger partial charge on any atom is 0.231 e. The van der Waals surface area contributed by atoms with Gasteiger partial charge in [0.25, 0.3) is 0 Å². The van der Waals surface area contributed by atoms with E-state index < -0.39 is 0 Å². The van der Waals surface area contributed by atoms with Gasteiger partial charge in [-0.05, 0) is 37.0 Å². The van der Waals surface area contributed by atoms with Crippen molar-refractivity contribution in [3.05, 3.63) is 35.2 Å². The van der Waals surface area contributed by atoms with Crippen LogP contribution in [0.4, 0.5) is 5.95 Å². The first-order valence-electron chi connectivity index (χ1n) is 8.88. The Bertz CT molecular complexity index is 810. The average Bonchev–Trinajstić information content (AvgIpc) is 3.13. The van der Waals surface area contributed by atoms with E-state index in [2.05, 4.69) is 10.3 Å². The molecule has 7 nitrogen and oxygen atoms in total. The molecular weight excluding hydrogens is 332 g/mol. The molecule has 1 aromatic carbocycles. The highest BCUT2D eigenvalue weighted by molar-refractivity contribution is 5.55. The highest BCUT2D eigenvalue weighted by Crippen LogP contribution is 2.42. The molecule has 1 unspecified atom stereocenters. The van der Waals surface area contributed by atoms with E-state index in [0.29, 0.717) is 18.0 Å². The third-order valence-electron chi connectivity index (χ3n) is 4.84. The summed E-state index contributed by atoms with van der Waals surface area (Å²) in [4.78, 5) is 11.1. The second kappa shape index (κ2) is 6.99. The Morgan fingerprint density at radius 1 is 1.31 bits per heavy atom. The maximum absolute atomic E-state index is 5.51. The van der Waals surface area contributed by atoms with E-state index >= 15 is 0 Å². The van der Waals surface area contributed by atoms with Crippen LogP contribution in [-0.4, -0.2) is 38.0 Å².